The van der Waals surface area contributed by atoms with Gasteiger partial charge in [-0.1, -0.05) is 0 Å². The SMILES string of the molecule is COc1ccc(F)cc1[C@H](Cn1c(=O)n(C(C)(C)C(N)=O)c(=O)c2c(C)c(-c3ncco3)sc21)OCC1CCC(=O)CC1. The molecule has 13 heteroatoms. The van der Waals surface area contributed by atoms with Crippen molar-refractivity contribution in [1.29, 1.82) is 0 Å². The molecule has 1 saturated carbocycles. The van der Waals surface area contributed by atoms with E-state index >= 15 is 0 Å². The second-order valence-corrected chi connectivity index (χ2v) is 12.2. The molecule has 5 rings (SSSR count). The van der Waals surface area contributed by atoms with E-state index in [4.69, 9.17) is 19.6 Å². The highest BCUT2D eigenvalue weighted by Gasteiger charge is 2.35. The van der Waals surface area contributed by atoms with Gasteiger partial charge in [-0.3, -0.25) is 19.0 Å². The van der Waals surface area contributed by atoms with Gasteiger partial charge in [-0.15, -0.1) is 11.3 Å². The van der Waals surface area contributed by atoms with Crippen LogP contribution in [0.1, 0.15) is 56.8 Å². The van der Waals surface area contributed by atoms with Gasteiger partial charge in [0.15, 0.2) is 0 Å². The monoisotopic (exact) mass is 612 g/mol. The summed E-state index contributed by atoms with van der Waals surface area (Å²) in [7, 11) is 1.45. The van der Waals surface area contributed by atoms with Crippen molar-refractivity contribution in [3.63, 3.8) is 0 Å². The fourth-order valence-electron chi connectivity index (χ4n) is 5.43. The Bertz CT molecular complexity index is 1800. The first-order valence-corrected chi connectivity index (χ1v) is 14.7. The van der Waals surface area contributed by atoms with E-state index in [0.29, 0.717) is 52.3 Å². The summed E-state index contributed by atoms with van der Waals surface area (Å²) in [6, 6.07) is 4.03. The van der Waals surface area contributed by atoms with Crippen molar-refractivity contribution >= 4 is 33.2 Å². The lowest BCUT2D eigenvalue weighted by Crippen LogP contribution is -2.54. The predicted octanol–water partition coefficient (Wildman–Crippen LogP) is 4.07. The minimum atomic E-state index is -1.68. The quantitative estimate of drug-likeness (QED) is 0.282. The van der Waals surface area contributed by atoms with Gasteiger partial charge in [-0.2, -0.15) is 0 Å². The Morgan fingerprint density at radius 2 is 1.98 bits per heavy atom. The van der Waals surface area contributed by atoms with Crippen LogP contribution in [0, 0.1) is 18.7 Å². The number of thiophene rings is 1. The molecule has 0 aliphatic heterocycles. The van der Waals surface area contributed by atoms with Crippen molar-refractivity contribution in [1.82, 2.24) is 14.1 Å². The largest absolute Gasteiger partial charge is 0.496 e. The third-order valence-corrected chi connectivity index (χ3v) is 9.39. The summed E-state index contributed by atoms with van der Waals surface area (Å²) in [5.74, 6) is -0.469. The number of carbonyl (C=O) groups is 2. The van der Waals surface area contributed by atoms with Gasteiger partial charge >= 0.3 is 5.69 Å². The number of benzene rings is 1. The van der Waals surface area contributed by atoms with Crippen molar-refractivity contribution in [2.45, 2.75) is 64.6 Å². The lowest BCUT2D eigenvalue weighted by molar-refractivity contribution is -0.125. The van der Waals surface area contributed by atoms with Gasteiger partial charge in [-0.25, -0.2) is 18.7 Å². The third-order valence-electron chi connectivity index (χ3n) is 8.08. The zero-order valence-electron chi connectivity index (χ0n) is 24.3. The number of halogens is 1. The number of primary amides is 1. The second-order valence-electron chi connectivity index (χ2n) is 11.2. The zero-order valence-corrected chi connectivity index (χ0v) is 25.2. The number of methoxy groups -OCH3 is 1. The fourth-order valence-corrected chi connectivity index (χ4v) is 6.67. The van der Waals surface area contributed by atoms with E-state index in [2.05, 4.69) is 4.98 Å². The van der Waals surface area contributed by atoms with Gasteiger partial charge in [0.2, 0.25) is 11.8 Å². The first-order valence-electron chi connectivity index (χ1n) is 13.9. The summed E-state index contributed by atoms with van der Waals surface area (Å²) in [5.41, 5.74) is 3.40. The molecule has 1 fully saturated rings. The molecule has 0 bridgehead atoms. The van der Waals surface area contributed by atoms with Crippen LogP contribution in [0.3, 0.4) is 0 Å². The number of hydrogen-bond acceptors (Lipinski definition) is 9. The number of Topliss-reactive ketones (excluding diaryl/α,β-unsaturated/α-hetero) is 1. The van der Waals surface area contributed by atoms with E-state index in [0.717, 1.165) is 15.9 Å². The first-order chi connectivity index (χ1) is 20.4. The topological polar surface area (TPSA) is 149 Å². The number of aryl methyl sites for hydroxylation is 1. The van der Waals surface area contributed by atoms with E-state index in [9.17, 15) is 23.6 Å². The molecular formula is C30H33FN4O7S. The molecule has 228 valence electrons. The maximum absolute atomic E-state index is 14.6. The first kappa shape index (κ1) is 30.4. The molecule has 1 aromatic carbocycles. The standard InChI is InChI=1S/C30H33FN4O7S/c1-16-23-26(37)35(30(2,3)28(32)38)29(39)34(27(23)43-24(16)25-33-11-12-41-25)14-22(20-13-18(31)7-10-21(20)40-4)42-15-17-5-8-19(36)9-6-17/h7,10-13,17,22H,5-6,8-9,14-15H2,1-4H3,(H2,32,38)/t22-/m0/s1. The summed E-state index contributed by atoms with van der Waals surface area (Å²) < 4.78 is 34.2. The Morgan fingerprint density at radius 1 is 1.26 bits per heavy atom. The number of amides is 1. The molecule has 1 amide bonds. The molecule has 3 aromatic heterocycles. The maximum atomic E-state index is 14.6. The van der Waals surface area contributed by atoms with Crippen LogP contribution in [-0.2, 0) is 26.4 Å². The number of nitrogens with two attached hydrogens (primary N) is 1. The molecule has 0 saturated heterocycles. The molecular weight excluding hydrogens is 579 g/mol. The van der Waals surface area contributed by atoms with Crippen molar-refractivity contribution in [2.75, 3.05) is 13.7 Å². The van der Waals surface area contributed by atoms with E-state index in [1.165, 1.54) is 56.2 Å². The van der Waals surface area contributed by atoms with Gasteiger partial charge < -0.3 is 19.6 Å². The van der Waals surface area contributed by atoms with Gasteiger partial charge in [-0.05, 0) is 63.3 Å². The minimum Gasteiger partial charge on any atom is -0.496 e. The molecule has 3 heterocycles. The Hall–Kier alpha value is -4.10. The van der Waals surface area contributed by atoms with Crippen molar-refractivity contribution in [3.8, 4) is 16.5 Å². The van der Waals surface area contributed by atoms with Gasteiger partial charge in [0.05, 0.1) is 36.7 Å². The van der Waals surface area contributed by atoms with E-state index in [1.807, 2.05) is 0 Å². The van der Waals surface area contributed by atoms with Crippen LogP contribution in [-0.4, -0.2) is 39.5 Å². The highest BCUT2D eigenvalue weighted by Crippen LogP contribution is 2.37. The van der Waals surface area contributed by atoms with Crippen molar-refractivity contribution in [2.24, 2.45) is 11.7 Å². The third kappa shape index (κ3) is 5.66. The van der Waals surface area contributed by atoms with Gasteiger partial charge in [0, 0.05) is 18.4 Å². The van der Waals surface area contributed by atoms with Crippen LogP contribution in [0.2, 0.25) is 0 Å². The predicted molar refractivity (Wildman–Crippen MR) is 158 cm³/mol. The smallest absolute Gasteiger partial charge is 0.333 e. The number of rotatable bonds is 10. The molecule has 1 atom stereocenters. The number of aromatic nitrogens is 3. The van der Waals surface area contributed by atoms with E-state index in [1.54, 1.807) is 6.92 Å². The summed E-state index contributed by atoms with van der Waals surface area (Å²) >= 11 is 1.14. The maximum Gasteiger partial charge on any atom is 0.333 e. The lowest BCUT2D eigenvalue weighted by atomic mass is 9.89. The normalized spacial score (nSPS) is 15.2. The summed E-state index contributed by atoms with van der Waals surface area (Å²) in [6.07, 6.45) is 4.23. The molecule has 11 nitrogen and oxygen atoms in total. The van der Waals surface area contributed by atoms with E-state index in [-0.39, 0.29) is 36.1 Å². The zero-order chi connectivity index (χ0) is 31.1. The summed E-state index contributed by atoms with van der Waals surface area (Å²) in [4.78, 5) is 57.4. The molecule has 1 aliphatic carbocycles. The molecule has 43 heavy (non-hydrogen) atoms. The van der Waals surface area contributed by atoms with Crippen molar-refractivity contribution in [3.05, 3.63) is 68.4 Å². The number of oxazole rings is 1. The van der Waals surface area contributed by atoms with Crippen LogP contribution in [0.15, 0.2) is 44.7 Å². The Labute approximate surface area is 250 Å². The minimum absolute atomic E-state index is 0.0971. The van der Waals surface area contributed by atoms with Gasteiger partial charge in [0.25, 0.3) is 5.56 Å². The van der Waals surface area contributed by atoms with Crippen LogP contribution in [0.5, 0.6) is 5.75 Å². The molecule has 4 aromatic rings. The Balaban J connectivity index is 1.71. The lowest BCUT2D eigenvalue weighted by Gasteiger charge is -2.28. The number of fused-ring (bicyclic) bond motifs is 1. The summed E-state index contributed by atoms with van der Waals surface area (Å²) in [5, 5.41) is 0.197. The molecule has 0 radical (unpaired) electrons. The van der Waals surface area contributed by atoms with Gasteiger partial charge in [0.1, 0.15) is 40.1 Å². The highest BCUT2D eigenvalue weighted by molar-refractivity contribution is 7.22. The van der Waals surface area contributed by atoms with Crippen LogP contribution < -0.4 is 21.7 Å². The average molecular weight is 613 g/mol. The number of ether oxygens (including phenoxy) is 2. The van der Waals surface area contributed by atoms with Crippen molar-refractivity contribution < 1.29 is 27.9 Å². The van der Waals surface area contributed by atoms with E-state index < -0.39 is 34.6 Å². The Kier molecular flexibility index (Phi) is 8.39. The fraction of sp³-hybridized carbons (Fsp3) is 0.433. The number of nitrogens with zero attached hydrogens (tertiary/aromatic N) is 3. The van der Waals surface area contributed by atoms with Crippen LogP contribution in [0.4, 0.5) is 4.39 Å². The number of carbonyl (C=O) groups excluding carboxylic acids is 2. The van der Waals surface area contributed by atoms with Crippen LogP contribution in [0.25, 0.3) is 21.0 Å². The molecule has 0 unspecified atom stereocenters. The molecule has 2 N–H and O–H groups in total. The Morgan fingerprint density at radius 3 is 2.60 bits per heavy atom. The number of ketones is 1. The summed E-state index contributed by atoms with van der Waals surface area (Å²) in [6.45, 7) is 4.62. The van der Waals surface area contributed by atoms with Crippen LogP contribution >= 0.6 is 11.3 Å². The molecule has 0 spiro atoms. The average Bonchev–Trinajstić information content (AvgIpc) is 3.61. The molecule has 1 aliphatic rings. The second kappa shape index (κ2) is 11.9. The highest BCUT2D eigenvalue weighted by atomic mass is 32.1. The number of hydrogen-bond donors (Lipinski definition) is 1.